The van der Waals surface area contributed by atoms with Crippen molar-refractivity contribution in [2.75, 3.05) is 18.4 Å². The number of aryl methyl sites for hydroxylation is 2. The van der Waals surface area contributed by atoms with Gasteiger partial charge in [-0.15, -0.1) is 0 Å². The van der Waals surface area contributed by atoms with Gasteiger partial charge in [0.2, 0.25) is 0 Å². The predicted octanol–water partition coefficient (Wildman–Crippen LogP) is 2.06. The Bertz CT molecular complexity index is 1170. The van der Waals surface area contributed by atoms with Crippen LogP contribution in [0.15, 0.2) is 49.1 Å². The molecule has 3 heterocycles. The van der Waals surface area contributed by atoms with Crippen LogP contribution in [-0.4, -0.2) is 48.5 Å². The van der Waals surface area contributed by atoms with E-state index < -0.39 is 0 Å². The highest BCUT2D eigenvalue weighted by Crippen LogP contribution is 2.13. The van der Waals surface area contributed by atoms with Crippen LogP contribution in [-0.2, 0) is 0 Å². The van der Waals surface area contributed by atoms with E-state index in [1.807, 2.05) is 30.7 Å². The van der Waals surface area contributed by atoms with Crippen molar-refractivity contribution in [2.45, 2.75) is 13.8 Å². The van der Waals surface area contributed by atoms with Gasteiger partial charge in [0, 0.05) is 49.5 Å². The molecule has 146 valence electrons. The zero-order valence-corrected chi connectivity index (χ0v) is 16.1. The van der Waals surface area contributed by atoms with Gasteiger partial charge in [-0.1, -0.05) is 0 Å². The lowest BCUT2D eigenvalue weighted by Crippen LogP contribution is -2.29. The molecule has 29 heavy (non-hydrogen) atoms. The largest absolute Gasteiger partial charge is 0.368 e. The Labute approximate surface area is 167 Å². The van der Waals surface area contributed by atoms with Gasteiger partial charge in [-0.2, -0.15) is 0 Å². The molecule has 0 aliphatic carbocycles. The number of fused-ring (bicyclic) bond motifs is 1. The molecule has 1 amide bonds. The molecule has 0 radical (unpaired) electrons. The van der Waals surface area contributed by atoms with Crippen LogP contribution in [0.4, 0.5) is 5.82 Å². The van der Waals surface area contributed by atoms with Crippen molar-refractivity contribution < 1.29 is 4.79 Å². The van der Waals surface area contributed by atoms with Gasteiger partial charge in [0.15, 0.2) is 0 Å². The van der Waals surface area contributed by atoms with E-state index in [4.69, 9.17) is 0 Å². The number of imidazole rings is 1. The van der Waals surface area contributed by atoms with E-state index in [9.17, 15) is 4.79 Å². The predicted molar refractivity (Wildman–Crippen MR) is 109 cm³/mol. The maximum Gasteiger partial charge on any atom is 0.251 e. The summed E-state index contributed by atoms with van der Waals surface area (Å²) in [6.07, 6.45) is 6.82. The van der Waals surface area contributed by atoms with Gasteiger partial charge in [-0.25, -0.2) is 15.0 Å². The Hall–Kier alpha value is -3.88. The summed E-state index contributed by atoms with van der Waals surface area (Å²) in [5.41, 5.74) is 2.00. The topological polar surface area (TPSA) is 111 Å². The molecule has 0 unspecified atom stereocenters. The van der Waals surface area contributed by atoms with Crippen LogP contribution >= 0.6 is 0 Å². The number of benzene rings is 1. The van der Waals surface area contributed by atoms with Crippen molar-refractivity contribution >= 4 is 22.8 Å². The third kappa shape index (κ3) is 4.18. The highest BCUT2D eigenvalue weighted by Gasteiger charge is 2.08. The number of hydrogen-bond donors (Lipinski definition) is 2. The molecule has 0 aliphatic rings. The van der Waals surface area contributed by atoms with Crippen molar-refractivity contribution in [3.05, 3.63) is 66.3 Å². The van der Waals surface area contributed by atoms with Gasteiger partial charge in [0.25, 0.3) is 5.91 Å². The molecule has 2 N–H and O–H groups in total. The number of nitrogens with zero attached hydrogens (tertiary/aromatic N) is 6. The Morgan fingerprint density at radius 3 is 2.59 bits per heavy atom. The van der Waals surface area contributed by atoms with Crippen LogP contribution in [0, 0.1) is 13.8 Å². The van der Waals surface area contributed by atoms with E-state index in [1.54, 1.807) is 36.8 Å². The first kappa shape index (κ1) is 18.5. The lowest BCUT2D eigenvalue weighted by atomic mass is 10.2. The second-order valence-electron chi connectivity index (χ2n) is 6.45. The summed E-state index contributed by atoms with van der Waals surface area (Å²) in [5.74, 6) is 2.78. The van der Waals surface area contributed by atoms with E-state index in [-0.39, 0.29) is 5.91 Å². The molecule has 0 saturated heterocycles. The highest BCUT2D eigenvalue weighted by molar-refractivity contribution is 5.97. The third-order valence-corrected chi connectivity index (χ3v) is 4.35. The van der Waals surface area contributed by atoms with Gasteiger partial charge < -0.3 is 10.6 Å². The fourth-order valence-electron chi connectivity index (χ4n) is 2.96. The first-order valence-electron chi connectivity index (χ1n) is 9.19. The summed E-state index contributed by atoms with van der Waals surface area (Å²) in [6, 6.07) is 7.12. The lowest BCUT2D eigenvalue weighted by molar-refractivity contribution is 0.0955. The Morgan fingerprint density at radius 2 is 1.79 bits per heavy atom. The van der Waals surface area contributed by atoms with E-state index in [2.05, 4.69) is 35.6 Å². The molecule has 3 aromatic heterocycles. The lowest BCUT2D eigenvalue weighted by Gasteiger charge is -2.11. The molecule has 4 aromatic rings. The first-order valence-corrected chi connectivity index (χ1v) is 9.19. The van der Waals surface area contributed by atoms with Crippen LogP contribution in [0.25, 0.3) is 16.9 Å². The second kappa shape index (κ2) is 8.01. The molecular formula is C20H20N8O. The van der Waals surface area contributed by atoms with E-state index in [1.165, 1.54) is 0 Å². The van der Waals surface area contributed by atoms with Crippen LogP contribution in [0.5, 0.6) is 0 Å². The van der Waals surface area contributed by atoms with Crippen molar-refractivity contribution in [3.8, 4) is 5.82 Å². The molecule has 0 spiro atoms. The molecule has 0 fully saturated rings. The zero-order valence-electron chi connectivity index (χ0n) is 16.1. The minimum atomic E-state index is -0.159. The summed E-state index contributed by atoms with van der Waals surface area (Å²) < 4.78 is 1.89. The molecule has 0 aliphatic heterocycles. The summed E-state index contributed by atoms with van der Waals surface area (Å²) in [6.45, 7) is 4.72. The second-order valence-corrected chi connectivity index (χ2v) is 6.45. The number of hydrogen-bond acceptors (Lipinski definition) is 7. The Kier molecular flexibility index (Phi) is 5.10. The minimum Gasteiger partial charge on any atom is -0.368 e. The molecule has 0 saturated carbocycles. The average molecular weight is 388 g/mol. The molecule has 9 nitrogen and oxygen atoms in total. The Balaban J connectivity index is 1.36. The Morgan fingerprint density at radius 1 is 0.966 bits per heavy atom. The molecule has 4 rings (SSSR count). The number of rotatable bonds is 6. The van der Waals surface area contributed by atoms with Crippen molar-refractivity contribution in [1.82, 2.24) is 34.8 Å². The molecule has 1 aromatic carbocycles. The number of amides is 1. The monoisotopic (exact) mass is 388 g/mol. The normalized spacial score (nSPS) is 10.8. The molecule has 0 atom stereocenters. The minimum absolute atomic E-state index is 0.159. The van der Waals surface area contributed by atoms with Crippen molar-refractivity contribution in [1.29, 1.82) is 0 Å². The van der Waals surface area contributed by atoms with E-state index in [0.29, 0.717) is 35.8 Å². The van der Waals surface area contributed by atoms with E-state index >= 15 is 0 Å². The standard InChI is InChI=1S/C20H20N8O/c1-13-26-18(12-19(27-13)28-10-9-21-14(28)2)24-7-8-25-20(29)15-3-4-16-17(11-15)23-6-5-22-16/h3-6,9-12H,7-8H2,1-2H3,(H,25,29)(H,24,26,27). The summed E-state index contributed by atoms with van der Waals surface area (Å²) in [5, 5.41) is 6.11. The fourth-order valence-corrected chi connectivity index (χ4v) is 2.96. The number of nitrogens with one attached hydrogen (secondary N) is 2. The van der Waals surface area contributed by atoms with Crippen LogP contribution in [0.1, 0.15) is 22.0 Å². The van der Waals surface area contributed by atoms with Gasteiger partial charge in [0.05, 0.1) is 11.0 Å². The van der Waals surface area contributed by atoms with Gasteiger partial charge in [-0.05, 0) is 32.0 Å². The first-order chi connectivity index (χ1) is 14.1. The van der Waals surface area contributed by atoms with Crippen LogP contribution < -0.4 is 10.6 Å². The van der Waals surface area contributed by atoms with Crippen molar-refractivity contribution in [3.63, 3.8) is 0 Å². The number of anilines is 1. The molecule has 9 heteroatoms. The SMILES string of the molecule is Cc1nc(NCCNC(=O)c2ccc3nccnc3c2)cc(-n2ccnc2C)n1. The average Bonchev–Trinajstić information content (AvgIpc) is 3.16. The number of carbonyl (C=O) groups excluding carboxylic acids is 1. The highest BCUT2D eigenvalue weighted by atomic mass is 16.1. The summed E-state index contributed by atoms with van der Waals surface area (Å²) >= 11 is 0. The molecular weight excluding hydrogens is 368 g/mol. The number of aromatic nitrogens is 6. The van der Waals surface area contributed by atoms with Gasteiger partial charge in [-0.3, -0.25) is 19.3 Å². The maximum absolute atomic E-state index is 12.4. The quantitative estimate of drug-likeness (QED) is 0.486. The number of carbonyl (C=O) groups is 1. The van der Waals surface area contributed by atoms with Gasteiger partial charge >= 0.3 is 0 Å². The van der Waals surface area contributed by atoms with Crippen LogP contribution in [0.3, 0.4) is 0 Å². The maximum atomic E-state index is 12.4. The summed E-state index contributed by atoms with van der Waals surface area (Å²) in [4.78, 5) is 33.9. The third-order valence-electron chi connectivity index (χ3n) is 4.35. The van der Waals surface area contributed by atoms with E-state index in [0.717, 1.165) is 17.2 Å². The van der Waals surface area contributed by atoms with Crippen LogP contribution in [0.2, 0.25) is 0 Å². The van der Waals surface area contributed by atoms with Gasteiger partial charge in [0.1, 0.15) is 23.3 Å². The molecule has 0 bridgehead atoms. The zero-order chi connectivity index (χ0) is 20.2. The fraction of sp³-hybridized carbons (Fsp3) is 0.200. The summed E-state index contributed by atoms with van der Waals surface area (Å²) in [7, 11) is 0. The van der Waals surface area contributed by atoms with Crippen molar-refractivity contribution in [2.24, 2.45) is 0 Å². The smallest absolute Gasteiger partial charge is 0.251 e.